The molecule has 2 aliphatic heterocycles. The third kappa shape index (κ3) is 3.63. The van der Waals surface area contributed by atoms with E-state index in [0.717, 1.165) is 38.2 Å². The molecule has 1 N–H and O–H groups in total. The average molecular weight is 346 g/mol. The van der Waals surface area contributed by atoms with E-state index in [-0.39, 0.29) is 11.3 Å². The van der Waals surface area contributed by atoms with Gasteiger partial charge in [0.1, 0.15) is 11.8 Å². The maximum atomic E-state index is 11.8. The Kier molecular flexibility index (Phi) is 4.99. The number of methoxy groups -OCH3 is 1. The first kappa shape index (κ1) is 17.7. The fourth-order valence-corrected chi connectivity index (χ4v) is 4.23. The number of ether oxygens (including phenoxy) is 1. The Morgan fingerprint density at radius 3 is 2.52 bits per heavy atom. The van der Waals surface area contributed by atoms with Crippen molar-refractivity contribution in [3.05, 3.63) is 29.8 Å². The summed E-state index contributed by atoms with van der Waals surface area (Å²) < 4.78 is 5.42. The predicted octanol–water partition coefficient (Wildman–Crippen LogP) is 1.98. The van der Waals surface area contributed by atoms with Gasteiger partial charge in [0.05, 0.1) is 7.11 Å². The fourth-order valence-electron chi connectivity index (χ4n) is 4.23. The molecule has 0 unspecified atom stereocenters. The number of aliphatic carboxylic acids is 1. The van der Waals surface area contributed by atoms with Gasteiger partial charge in [0.15, 0.2) is 0 Å². The topological polar surface area (TPSA) is 70.1 Å². The van der Waals surface area contributed by atoms with Gasteiger partial charge < -0.3 is 14.7 Å². The molecule has 1 atom stereocenters. The predicted molar refractivity (Wildman–Crippen MR) is 93.4 cm³/mol. The van der Waals surface area contributed by atoms with E-state index in [1.165, 1.54) is 17.4 Å². The molecule has 1 spiro atoms. The van der Waals surface area contributed by atoms with E-state index in [9.17, 15) is 14.7 Å². The number of carbonyl (C=O) groups excluding carboxylic acids is 1. The van der Waals surface area contributed by atoms with Gasteiger partial charge >= 0.3 is 5.97 Å². The number of piperidine rings is 1. The number of benzene rings is 1. The number of hydrogen-bond donors (Lipinski definition) is 1. The number of hydrogen-bond acceptors (Lipinski definition) is 4. The van der Waals surface area contributed by atoms with Gasteiger partial charge in [-0.2, -0.15) is 0 Å². The number of amides is 1. The summed E-state index contributed by atoms with van der Waals surface area (Å²) in [7, 11) is 1.69. The van der Waals surface area contributed by atoms with Crippen LogP contribution in [0.5, 0.6) is 5.75 Å². The lowest BCUT2D eigenvalue weighted by atomic mass is 9.76. The van der Waals surface area contributed by atoms with Crippen molar-refractivity contribution >= 4 is 11.9 Å². The monoisotopic (exact) mass is 346 g/mol. The first-order chi connectivity index (χ1) is 11.9. The molecule has 6 nitrogen and oxygen atoms in total. The Labute approximate surface area is 148 Å². The van der Waals surface area contributed by atoms with Crippen LogP contribution in [0, 0.1) is 5.41 Å². The van der Waals surface area contributed by atoms with Crippen LogP contribution < -0.4 is 4.74 Å². The van der Waals surface area contributed by atoms with Crippen LogP contribution in [0.3, 0.4) is 0 Å². The van der Waals surface area contributed by atoms with Gasteiger partial charge in [0.25, 0.3) is 0 Å². The number of carbonyl (C=O) groups is 2. The second-order valence-corrected chi connectivity index (χ2v) is 7.29. The van der Waals surface area contributed by atoms with Crippen LogP contribution in [0.4, 0.5) is 0 Å². The van der Waals surface area contributed by atoms with Crippen LogP contribution in [0.2, 0.25) is 0 Å². The molecule has 2 fully saturated rings. The molecule has 2 saturated heterocycles. The van der Waals surface area contributed by atoms with E-state index in [1.807, 2.05) is 18.2 Å². The Balaban J connectivity index is 1.64. The van der Waals surface area contributed by atoms with Gasteiger partial charge in [-0.3, -0.25) is 9.69 Å². The highest BCUT2D eigenvalue weighted by Gasteiger charge is 2.49. The highest BCUT2D eigenvalue weighted by atomic mass is 16.5. The summed E-state index contributed by atoms with van der Waals surface area (Å²) in [6.45, 7) is 4.69. The SMILES string of the molecule is COc1ccccc1CN1CCC2(CC1)C[C@H](C(=O)O)N(C(C)=O)C2. The molecule has 3 rings (SSSR count). The lowest BCUT2D eigenvalue weighted by Gasteiger charge is -2.39. The molecule has 0 aliphatic carbocycles. The molecule has 1 amide bonds. The van der Waals surface area contributed by atoms with E-state index in [0.29, 0.717) is 13.0 Å². The maximum absolute atomic E-state index is 11.8. The number of carboxylic acid groups (broad SMARTS) is 1. The van der Waals surface area contributed by atoms with Crippen LogP contribution in [-0.2, 0) is 16.1 Å². The molecular weight excluding hydrogens is 320 g/mol. The second kappa shape index (κ2) is 7.04. The molecule has 2 aliphatic rings. The quantitative estimate of drug-likeness (QED) is 0.903. The molecule has 0 bridgehead atoms. The Morgan fingerprint density at radius 2 is 1.96 bits per heavy atom. The van der Waals surface area contributed by atoms with E-state index < -0.39 is 12.0 Å². The van der Waals surface area contributed by atoms with Crippen LogP contribution >= 0.6 is 0 Å². The first-order valence-corrected chi connectivity index (χ1v) is 8.78. The molecule has 0 radical (unpaired) electrons. The lowest BCUT2D eigenvalue weighted by molar-refractivity contribution is -0.147. The highest BCUT2D eigenvalue weighted by molar-refractivity contribution is 5.83. The molecule has 136 valence electrons. The normalized spacial score (nSPS) is 23.0. The first-order valence-electron chi connectivity index (χ1n) is 8.78. The summed E-state index contributed by atoms with van der Waals surface area (Å²) in [6, 6.07) is 7.37. The van der Waals surface area contributed by atoms with E-state index in [4.69, 9.17) is 4.74 Å². The standard InChI is InChI=1S/C19H26N2O4/c1-14(22)21-13-19(11-16(21)18(23)24)7-9-20(10-8-19)12-15-5-3-4-6-17(15)25-2/h3-6,16H,7-13H2,1-2H3,(H,23,24)/t16-/m1/s1. The van der Waals surface area contributed by atoms with Crippen molar-refractivity contribution in [1.29, 1.82) is 0 Å². The summed E-state index contributed by atoms with van der Waals surface area (Å²) in [5.74, 6) is -0.124. The van der Waals surface area contributed by atoms with Crippen molar-refractivity contribution in [2.75, 3.05) is 26.7 Å². The fraction of sp³-hybridized carbons (Fsp3) is 0.579. The van der Waals surface area contributed by atoms with Gasteiger partial charge in [-0.05, 0) is 43.8 Å². The number of nitrogens with zero attached hydrogens (tertiary/aromatic N) is 2. The minimum atomic E-state index is -0.886. The molecule has 1 aromatic carbocycles. The van der Waals surface area contributed by atoms with Gasteiger partial charge in [-0.25, -0.2) is 4.79 Å². The van der Waals surface area contributed by atoms with Gasteiger partial charge in [0.2, 0.25) is 5.91 Å². The van der Waals surface area contributed by atoms with Crippen molar-refractivity contribution in [2.24, 2.45) is 5.41 Å². The van der Waals surface area contributed by atoms with Gasteiger partial charge in [0, 0.05) is 25.6 Å². The average Bonchev–Trinajstić information content (AvgIpc) is 2.98. The Hall–Kier alpha value is -2.08. The minimum Gasteiger partial charge on any atom is -0.496 e. The number of carboxylic acids is 1. The van der Waals surface area contributed by atoms with Gasteiger partial charge in [-0.1, -0.05) is 18.2 Å². The molecule has 2 heterocycles. The van der Waals surface area contributed by atoms with Crippen molar-refractivity contribution in [3.63, 3.8) is 0 Å². The highest BCUT2D eigenvalue weighted by Crippen LogP contribution is 2.43. The van der Waals surface area contributed by atoms with E-state index in [1.54, 1.807) is 7.11 Å². The molecular formula is C19H26N2O4. The Morgan fingerprint density at radius 1 is 1.28 bits per heavy atom. The van der Waals surface area contributed by atoms with E-state index >= 15 is 0 Å². The summed E-state index contributed by atoms with van der Waals surface area (Å²) in [4.78, 5) is 27.2. The Bertz CT molecular complexity index is 629. The summed E-state index contributed by atoms with van der Waals surface area (Å²) in [5, 5.41) is 9.43. The van der Waals surface area contributed by atoms with E-state index in [2.05, 4.69) is 11.0 Å². The zero-order valence-corrected chi connectivity index (χ0v) is 14.9. The third-order valence-corrected chi connectivity index (χ3v) is 5.70. The molecule has 25 heavy (non-hydrogen) atoms. The molecule has 6 heteroatoms. The zero-order chi connectivity index (χ0) is 18.0. The smallest absolute Gasteiger partial charge is 0.326 e. The number of para-hydroxylation sites is 1. The van der Waals surface area contributed by atoms with Crippen LogP contribution in [-0.4, -0.2) is 59.6 Å². The summed E-state index contributed by atoms with van der Waals surface area (Å²) >= 11 is 0. The summed E-state index contributed by atoms with van der Waals surface area (Å²) in [6.07, 6.45) is 2.43. The lowest BCUT2D eigenvalue weighted by Crippen LogP contribution is -2.42. The van der Waals surface area contributed by atoms with Gasteiger partial charge in [-0.15, -0.1) is 0 Å². The zero-order valence-electron chi connectivity index (χ0n) is 14.9. The van der Waals surface area contributed by atoms with Crippen molar-refractivity contribution in [1.82, 2.24) is 9.80 Å². The van der Waals surface area contributed by atoms with Crippen LogP contribution in [0.15, 0.2) is 24.3 Å². The largest absolute Gasteiger partial charge is 0.496 e. The van der Waals surface area contributed by atoms with Crippen LogP contribution in [0.1, 0.15) is 31.7 Å². The minimum absolute atomic E-state index is 0.0496. The molecule has 0 aromatic heterocycles. The second-order valence-electron chi connectivity index (χ2n) is 7.29. The van der Waals surface area contributed by atoms with Crippen LogP contribution in [0.25, 0.3) is 0 Å². The summed E-state index contributed by atoms with van der Waals surface area (Å²) in [5.41, 5.74) is 1.12. The van der Waals surface area contributed by atoms with Crippen molar-refractivity contribution < 1.29 is 19.4 Å². The molecule has 1 aromatic rings. The number of rotatable bonds is 4. The number of likely N-dealkylation sites (tertiary alicyclic amines) is 2. The maximum Gasteiger partial charge on any atom is 0.326 e. The van der Waals surface area contributed by atoms with Crippen molar-refractivity contribution in [3.8, 4) is 5.75 Å². The van der Waals surface area contributed by atoms with Crippen molar-refractivity contribution in [2.45, 2.75) is 38.8 Å². The molecule has 0 saturated carbocycles. The third-order valence-electron chi connectivity index (χ3n) is 5.70.